The van der Waals surface area contributed by atoms with Crippen LogP contribution in [0.3, 0.4) is 0 Å². The van der Waals surface area contributed by atoms with Crippen LogP contribution in [-0.4, -0.2) is 34.8 Å². The summed E-state index contributed by atoms with van der Waals surface area (Å²) >= 11 is 6.21. The van der Waals surface area contributed by atoms with Crippen molar-refractivity contribution in [3.8, 4) is 0 Å². The van der Waals surface area contributed by atoms with Crippen LogP contribution in [0.25, 0.3) is 10.9 Å². The molecule has 118 valence electrons. The Bertz CT molecular complexity index is 823. The maximum absolute atomic E-state index is 12.0. The Kier molecular flexibility index (Phi) is 3.36. The number of carbonyl (C=O) groups excluding carboxylic acids is 2. The predicted octanol–water partition coefficient (Wildman–Crippen LogP) is 2.13. The highest BCUT2D eigenvalue weighted by Crippen LogP contribution is 2.38. The van der Waals surface area contributed by atoms with Gasteiger partial charge in [-0.15, -0.1) is 0 Å². The molecule has 0 bridgehead atoms. The Morgan fingerprint density at radius 1 is 1.26 bits per heavy atom. The molecular weight excluding hydrogens is 314 g/mol. The molecule has 0 unspecified atom stereocenters. The largest absolute Gasteiger partial charge is 0.296 e. The molecule has 2 aliphatic rings. The van der Waals surface area contributed by atoms with Gasteiger partial charge >= 0.3 is 0 Å². The first-order valence-corrected chi connectivity index (χ1v) is 8.04. The number of nitrogens with one attached hydrogen (secondary N) is 1. The normalized spacial score (nSPS) is 24.7. The van der Waals surface area contributed by atoms with Crippen molar-refractivity contribution in [2.24, 2.45) is 5.41 Å². The van der Waals surface area contributed by atoms with Crippen molar-refractivity contribution in [3.05, 3.63) is 41.0 Å². The molecule has 3 heterocycles. The van der Waals surface area contributed by atoms with E-state index in [1.165, 1.54) is 0 Å². The zero-order valence-electron chi connectivity index (χ0n) is 12.5. The van der Waals surface area contributed by atoms with E-state index in [2.05, 4.69) is 15.2 Å². The van der Waals surface area contributed by atoms with Gasteiger partial charge in [-0.2, -0.15) is 0 Å². The van der Waals surface area contributed by atoms with E-state index >= 15 is 0 Å². The Morgan fingerprint density at radius 2 is 2.13 bits per heavy atom. The molecule has 4 rings (SSSR count). The van der Waals surface area contributed by atoms with Gasteiger partial charge in [-0.1, -0.05) is 29.8 Å². The first-order chi connectivity index (χ1) is 11.1. The van der Waals surface area contributed by atoms with Crippen LogP contribution >= 0.6 is 11.6 Å². The lowest BCUT2D eigenvalue weighted by molar-refractivity contribution is -0.128. The molecule has 0 radical (unpaired) electrons. The van der Waals surface area contributed by atoms with Gasteiger partial charge in [0.05, 0.1) is 21.6 Å². The summed E-state index contributed by atoms with van der Waals surface area (Å²) in [7, 11) is 0. The number of carbonyl (C=O) groups is 2. The SMILES string of the molecule is O=C1C[C@@]2(CCN(Cc3ccc4cccc(Cl)c4n3)C2)C(=O)N1. The highest BCUT2D eigenvalue weighted by atomic mass is 35.5. The molecule has 2 aliphatic heterocycles. The monoisotopic (exact) mass is 329 g/mol. The number of para-hydroxylation sites is 1. The highest BCUT2D eigenvalue weighted by Gasteiger charge is 2.50. The minimum absolute atomic E-state index is 0.125. The average Bonchev–Trinajstić information content (AvgIpc) is 3.04. The number of hydrogen-bond acceptors (Lipinski definition) is 4. The fraction of sp³-hybridized carbons (Fsp3) is 0.353. The molecule has 2 amide bonds. The minimum atomic E-state index is -0.536. The van der Waals surface area contributed by atoms with E-state index in [-0.39, 0.29) is 11.8 Å². The van der Waals surface area contributed by atoms with E-state index in [0.717, 1.165) is 29.6 Å². The quantitative estimate of drug-likeness (QED) is 0.857. The van der Waals surface area contributed by atoms with Crippen LogP contribution in [-0.2, 0) is 16.1 Å². The Morgan fingerprint density at radius 3 is 2.91 bits per heavy atom. The van der Waals surface area contributed by atoms with Crippen LogP contribution in [0.5, 0.6) is 0 Å². The molecule has 2 saturated heterocycles. The number of rotatable bonds is 2. The maximum atomic E-state index is 12.0. The number of imide groups is 1. The van der Waals surface area contributed by atoms with Crippen molar-refractivity contribution >= 4 is 34.3 Å². The zero-order valence-corrected chi connectivity index (χ0v) is 13.3. The van der Waals surface area contributed by atoms with E-state index in [1.54, 1.807) is 0 Å². The Balaban J connectivity index is 1.54. The number of benzene rings is 1. The van der Waals surface area contributed by atoms with Gasteiger partial charge in [-0.3, -0.25) is 19.8 Å². The van der Waals surface area contributed by atoms with Crippen LogP contribution in [0.15, 0.2) is 30.3 Å². The molecule has 1 spiro atoms. The standard InChI is InChI=1S/C17H16ClN3O2/c18-13-3-1-2-11-4-5-12(19-15(11)13)9-21-7-6-17(10-21)8-14(22)20-16(17)23/h1-5H,6-10H2,(H,20,22,23)/t17-/m1/s1. The van der Waals surface area contributed by atoms with Gasteiger partial charge in [0, 0.05) is 24.9 Å². The summed E-state index contributed by atoms with van der Waals surface area (Å²) in [5.41, 5.74) is 1.19. The van der Waals surface area contributed by atoms with E-state index in [4.69, 9.17) is 11.6 Å². The second kappa shape index (κ2) is 5.28. The summed E-state index contributed by atoms with van der Waals surface area (Å²) in [6.45, 7) is 2.06. The van der Waals surface area contributed by atoms with Crippen molar-refractivity contribution < 1.29 is 9.59 Å². The molecule has 0 aliphatic carbocycles. The molecule has 1 aromatic carbocycles. The van der Waals surface area contributed by atoms with E-state index in [9.17, 15) is 9.59 Å². The van der Waals surface area contributed by atoms with Crippen LogP contribution in [0, 0.1) is 5.41 Å². The third kappa shape index (κ3) is 2.50. The number of fused-ring (bicyclic) bond motifs is 1. The van der Waals surface area contributed by atoms with Crippen molar-refractivity contribution in [3.63, 3.8) is 0 Å². The molecule has 2 fully saturated rings. The molecule has 23 heavy (non-hydrogen) atoms. The molecule has 1 atom stereocenters. The number of likely N-dealkylation sites (tertiary alicyclic amines) is 1. The lowest BCUT2D eigenvalue weighted by Crippen LogP contribution is -2.34. The number of halogens is 1. The first-order valence-electron chi connectivity index (χ1n) is 7.67. The van der Waals surface area contributed by atoms with Gasteiger partial charge in [0.1, 0.15) is 0 Å². The lowest BCUT2D eigenvalue weighted by Gasteiger charge is -2.20. The van der Waals surface area contributed by atoms with E-state index in [0.29, 0.717) is 24.5 Å². The third-order valence-corrected chi connectivity index (χ3v) is 5.09. The summed E-state index contributed by atoms with van der Waals surface area (Å²) in [5, 5.41) is 4.08. The molecule has 5 nitrogen and oxygen atoms in total. The summed E-state index contributed by atoms with van der Waals surface area (Å²) in [6, 6.07) is 9.73. The molecule has 1 N–H and O–H groups in total. The highest BCUT2D eigenvalue weighted by molar-refractivity contribution is 6.35. The van der Waals surface area contributed by atoms with E-state index in [1.807, 2.05) is 30.3 Å². The van der Waals surface area contributed by atoms with Gasteiger partial charge in [0.15, 0.2) is 0 Å². The van der Waals surface area contributed by atoms with Gasteiger partial charge in [0.2, 0.25) is 11.8 Å². The summed E-state index contributed by atoms with van der Waals surface area (Å²) in [6.07, 6.45) is 1.03. The number of amides is 2. The number of nitrogens with zero attached hydrogens (tertiary/aromatic N) is 2. The molecule has 6 heteroatoms. The molecule has 0 saturated carbocycles. The number of aromatic nitrogens is 1. The number of pyridine rings is 1. The van der Waals surface area contributed by atoms with Crippen LogP contribution in [0.4, 0.5) is 0 Å². The van der Waals surface area contributed by atoms with Gasteiger partial charge in [0.25, 0.3) is 0 Å². The fourth-order valence-electron chi connectivity index (χ4n) is 3.58. The van der Waals surface area contributed by atoms with Crippen LogP contribution in [0.1, 0.15) is 18.5 Å². The smallest absolute Gasteiger partial charge is 0.234 e. The van der Waals surface area contributed by atoms with Gasteiger partial charge < -0.3 is 0 Å². The Labute approximate surface area is 138 Å². The number of hydrogen-bond donors (Lipinski definition) is 1. The van der Waals surface area contributed by atoms with Crippen LogP contribution in [0.2, 0.25) is 5.02 Å². The van der Waals surface area contributed by atoms with Gasteiger partial charge in [-0.25, -0.2) is 4.98 Å². The topological polar surface area (TPSA) is 62.3 Å². The average molecular weight is 330 g/mol. The lowest BCUT2D eigenvalue weighted by atomic mass is 9.85. The molecule has 2 aromatic rings. The first kappa shape index (κ1) is 14.6. The fourth-order valence-corrected chi connectivity index (χ4v) is 3.81. The van der Waals surface area contributed by atoms with Crippen molar-refractivity contribution in [1.29, 1.82) is 0 Å². The van der Waals surface area contributed by atoms with Gasteiger partial charge in [-0.05, 0) is 25.1 Å². The maximum Gasteiger partial charge on any atom is 0.234 e. The van der Waals surface area contributed by atoms with Crippen LogP contribution < -0.4 is 5.32 Å². The third-order valence-electron chi connectivity index (χ3n) is 4.78. The van der Waals surface area contributed by atoms with Crippen molar-refractivity contribution in [1.82, 2.24) is 15.2 Å². The zero-order chi connectivity index (χ0) is 16.0. The van der Waals surface area contributed by atoms with Crippen molar-refractivity contribution in [2.75, 3.05) is 13.1 Å². The van der Waals surface area contributed by atoms with Crippen molar-refractivity contribution in [2.45, 2.75) is 19.4 Å². The summed E-state index contributed by atoms with van der Waals surface area (Å²) in [4.78, 5) is 30.4. The van der Waals surface area contributed by atoms with E-state index < -0.39 is 5.41 Å². The predicted molar refractivity (Wildman–Crippen MR) is 86.8 cm³/mol. The molecular formula is C17H16ClN3O2. The second-order valence-electron chi connectivity index (χ2n) is 6.41. The summed E-state index contributed by atoms with van der Waals surface area (Å²) < 4.78 is 0. The second-order valence-corrected chi connectivity index (χ2v) is 6.82. The Hall–Kier alpha value is -1.98. The minimum Gasteiger partial charge on any atom is -0.296 e. The molecule has 1 aromatic heterocycles. The summed E-state index contributed by atoms with van der Waals surface area (Å²) in [5.74, 6) is -0.285.